The number of carbonyl (C=O) groups excluding carboxylic acids is 1. The zero-order valence-electron chi connectivity index (χ0n) is 10.3. The van der Waals surface area contributed by atoms with Gasteiger partial charge in [-0.3, -0.25) is 0 Å². The van der Waals surface area contributed by atoms with E-state index in [1.807, 2.05) is 6.92 Å². The second kappa shape index (κ2) is 5.40. The summed E-state index contributed by atoms with van der Waals surface area (Å²) < 4.78 is 7.12. The van der Waals surface area contributed by atoms with Crippen molar-refractivity contribution in [3.63, 3.8) is 0 Å². The molecule has 6 heteroatoms. The monoisotopic (exact) mass is 367 g/mol. The molecule has 0 saturated heterocycles. The largest absolute Gasteiger partial charge is 0.464 e. The lowest BCUT2D eigenvalue weighted by Gasteiger charge is -2.03. The van der Waals surface area contributed by atoms with E-state index >= 15 is 0 Å². The Morgan fingerprint density at radius 1 is 1.42 bits per heavy atom. The van der Waals surface area contributed by atoms with Gasteiger partial charge in [-0.25, -0.2) is 9.48 Å². The zero-order valence-corrected chi connectivity index (χ0v) is 12.5. The smallest absolute Gasteiger partial charge is 0.359 e. The molecular formula is C13H10IN3O2. The van der Waals surface area contributed by atoms with Crippen molar-refractivity contribution in [3.8, 4) is 11.8 Å². The first kappa shape index (κ1) is 13.5. The Balaban J connectivity index is 2.51. The van der Waals surface area contributed by atoms with Crippen LogP contribution in [-0.4, -0.2) is 22.9 Å². The van der Waals surface area contributed by atoms with E-state index in [9.17, 15) is 4.79 Å². The Morgan fingerprint density at radius 2 is 2.05 bits per heavy atom. The normalized spacial score (nSPS) is 10.0. The maximum Gasteiger partial charge on any atom is 0.359 e. The van der Waals surface area contributed by atoms with Crippen LogP contribution in [-0.2, 0) is 4.74 Å². The van der Waals surface area contributed by atoms with Gasteiger partial charge in [-0.2, -0.15) is 10.4 Å². The summed E-state index contributed by atoms with van der Waals surface area (Å²) in [5.74, 6) is -0.458. The van der Waals surface area contributed by atoms with E-state index < -0.39 is 5.97 Å². The summed E-state index contributed by atoms with van der Waals surface area (Å²) in [7, 11) is 1.33. The summed E-state index contributed by atoms with van der Waals surface area (Å²) in [6, 6.07) is 9.05. The summed E-state index contributed by atoms with van der Waals surface area (Å²) in [6.07, 6.45) is 0. The van der Waals surface area contributed by atoms with Crippen LogP contribution in [0.15, 0.2) is 24.3 Å². The van der Waals surface area contributed by atoms with E-state index in [2.05, 4.69) is 33.8 Å². The molecule has 0 aliphatic rings. The molecule has 0 fully saturated rings. The summed E-state index contributed by atoms with van der Waals surface area (Å²) in [4.78, 5) is 11.6. The van der Waals surface area contributed by atoms with Gasteiger partial charge in [0.2, 0.25) is 0 Å². The van der Waals surface area contributed by atoms with E-state index in [-0.39, 0.29) is 0 Å². The van der Waals surface area contributed by atoms with Crippen LogP contribution in [0.25, 0.3) is 5.69 Å². The highest BCUT2D eigenvalue weighted by Crippen LogP contribution is 2.21. The highest BCUT2D eigenvalue weighted by molar-refractivity contribution is 14.1. The van der Waals surface area contributed by atoms with Gasteiger partial charge in [-0.05, 0) is 53.8 Å². The van der Waals surface area contributed by atoms with Crippen LogP contribution in [0.3, 0.4) is 0 Å². The molecule has 0 saturated carbocycles. The molecule has 1 aromatic heterocycles. The van der Waals surface area contributed by atoms with Crippen molar-refractivity contribution in [2.75, 3.05) is 7.11 Å². The molecule has 2 rings (SSSR count). The van der Waals surface area contributed by atoms with Gasteiger partial charge in [0.1, 0.15) is 0 Å². The first-order valence-electron chi connectivity index (χ1n) is 5.42. The van der Waals surface area contributed by atoms with Crippen LogP contribution in [0, 0.1) is 21.8 Å². The van der Waals surface area contributed by atoms with Gasteiger partial charge in [0.05, 0.1) is 33.7 Å². The molecule has 0 amide bonds. The number of rotatable bonds is 2. The molecule has 1 aromatic carbocycles. The number of nitriles is 1. The second-order valence-corrected chi connectivity index (χ2v) is 4.89. The van der Waals surface area contributed by atoms with E-state index in [1.165, 1.54) is 7.11 Å². The molecule has 2 aromatic rings. The highest BCUT2D eigenvalue weighted by Gasteiger charge is 2.19. The van der Waals surface area contributed by atoms with Crippen molar-refractivity contribution < 1.29 is 9.53 Å². The van der Waals surface area contributed by atoms with Gasteiger partial charge in [0.15, 0.2) is 5.69 Å². The molecule has 0 aliphatic carbocycles. The molecule has 1 heterocycles. The molecule has 0 bridgehead atoms. The third kappa shape index (κ3) is 2.46. The Morgan fingerprint density at radius 3 is 2.58 bits per heavy atom. The van der Waals surface area contributed by atoms with E-state index in [0.717, 1.165) is 15.0 Å². The number of halogens is 1. The van der Waals surface area contributed by atoms with Crippen LogP contribution >= 0.6 is 22.6 Å². The van der Waals surface area contributed by atoms with E-state index in [1.54, 1.807) is 28.9 Å². The van der Waals surface area contributed by atoms with Crippen LogP contribution in [0.5, 0.6) is 0 Å². The molecule has 0 radical (unpaired) electrons. The lowest BCUT2D eigenvalue weighted by molar-refractivity contribution is 0.0592. The standard InChI is InChI=1S/C13H10IN3O2/c1-8-11(14)12(13(18)19-2)16-17(8)10-5-3-9(7-15)4-6-10/h3-6H,1-2H3. The Hall–Kier alpha value is -1.88. The van der Waals surface area contributed by atoms with Gasteiger partial charge in [0, 0.05) is 0 Å². The lowest BCUT2D eigenvalue weighted by Crippen LogP contribution is -2.05. The Labute approximate surface area is 123 Å². The minimum Gasteiger partial charge on any atom is -0.464 e. The minimum atomic E-state index is -0.458. The molecular weight excluding hydrogens is 357 g/mol. The molecule has 0 unspecified atom stereocenters. The summed E-state index contributed by atoms with van der Waals surface area (Å²) >= 11 is 2.07. The van der Waals surface area contributed by atoms with Crippen molar-refractivity contribution in [3.05, 3.63) is 44.8 Å². The first-order valence-corrected chi connectivity index (χ1v) is 6.50. The predicted molar refractivity (Wildman–Crippen MR) is 77.1 cm³/mol. The maximum atomic E-state index is 11.6. The number of nitrogens with zero attached hydrogens (tertiary/aromatic N) is 3. The number of carbonyl (C=O) groups is 1. The number of hydrogen-bond acceptors (Lipinski definition) is 4. The summed E-state index contributed by atoms with van der Waals surface area (Å²) in [6.45, 7) is 1.87. The van der Waals surface area contributed by atoms with Crippen molar-refractivity contribution in [1.82, 2.24) is 9.78 Å². The first-order chi connectivity index (χ1) is 9.08. The molecule has 0 atom stereocenters. The number of ether oxygens (including phenoxy) is 1. The highest BCUT2D eigenvalue weighted by atomic mass is 127. The summed E-state index contributed by atoms with van der Waals surface area (Å²) in [5.41, 5.74) is 2.52. The number of aromatic nitrogens is 2. The van der Waals surface area contributed by atoms with Gasteiger partial charge >= 0.3 is 5.97 Å². The molecule has 96 valence electrons. The number of hydrogen-bond donors (Lipinski definition) is 0. The van der Waals surface area contributed by atoms with Crippen LogP contribution < -0.4 is 0 Å². The molecule has 0 spiro atoms. The Kier molecular flexibility index (Phi) is 3.85. The third-order valence-corrected chi connectivity index (χ3v) is 3.95. The van der Waals surface area contributed by atoms with Crippen molar-refractivity contribution >= 4 is 28.6 Å². The summed E-state index contributed by atoms with van der Waals surface area (Å²) in [5, 5.41) is 13.0. The van der Waals surface area contributed by atoms with Gasteiger partial charge in [-0.15, -0.1) is 0 Å². The zero-order chi connectivity index (χ0) is 14.0. The lowest BCUT2D eigenvalue weighted by atomic mass is 10.2. The Bertz CT molecular complexity index is 668. The maximum absolute atomic E-state index is 11.6. The fourth-order valence-electron chi connectivity index (χ4n) is 1.64. The fraction of sp³-hybridized carbons (Fsp3) is 0.154. The van der Waals surface area contributed by atoms with E-state index in [0.29, 0.717) is 11.3 Å². The van der Waals surface area contributed by atoms with Crippen molar-refractivity contribution in [2.45, 2.75) is 6.92 Å². The quantitative estimate of drug-likeness (QED) is 0.604. The molecule has 19 heavy (non-hydrogen) atoms. The minimum absolute atomic E-state index is 0.296. The van der Waals surface area contributed by atoms with E-state index in [4.69, 9.17) is 10.00 Å². The number of esters is 1. The van der Waals surface area contributed by atoms with Crippen LogP contribution in [0.2, 0.25) is 0 Å². The SMILES string of the molecule is COC(=O)c1nn(-c2ccc(C#N)cc2)c(C)c1I. The van der Waals surface area contributed by atoms with Crippen molar-refractivity contribution in [2.24, 2.45) is 0 Å². The van der Waals surface area contributed by atoms with Crippen molar-refractivity contribution in [1.29, 1.82) is 5.26 Å². The fourth-order valence-corrected chi connectivity index (χ4v) is 2.20. The predicted octanol–water partition coefficient (Wildman–Crippen LogP) is 2.44. The third-order valence-electron chi connectivity index (χ3n) is 2.66. The van der Waals surface area contributed by atoms with Gasteiger partial charge in [0.25, 0.3) is 0 Å². The molecule has 0 aliphatic heterocycles. The molecule has 5 nitrogen and oxygen atoms in total. The number of methoxy groups -OCH3 is 1. The average molecular weight is 367 g/mol. The molecule has 0 N–H and O–H groups in total. The second-order valence-electron chi connectivity index (χ2n) is 3.81. The topological polar surface area (TPSA) is 67.9 Å². The van der Waals surface area contributed by atoms with Crippen LogP contribution in [0.4, 0.5) is 0 Å². The van der Waals surface area contributed by atoms with Crippen LogP contribution in [0.1, 0.15) is 21.7 Å². The average Bonchev–Trinajstić information content (AvgIpc) is 2.75. The van der Waals surface area contributed by atoms with Gasteiger partial charge < -0.3 is 4.74 Å². The van der Waals surface area contributed by atoms with Gasteiger partial charge in [-0.1, -0.05) is 0 Å². The number of benzene rings is 1.